The van der Waals surface area contributed by atoms with Crippen molar-refractivity contribution in [3.63, 3.8) is 0 Å². The Bertz CT molecular complexity index is 1060. The maximum Gasteiger partial charge on any atom is 0.258 e. The van der Waals surface area contributed by atoms with Crippen LogP contribution in [0.5, 0.6) is 0 Å². The van der Waals surface area contributed by atoms with Gasteiger partial charge in [-0.1, -0.05) is 43.7 Å². The SMILES string of the molecule is Cc1ccc(-c2c(CN)n(CC(C)C)c(=O)c3ccc(C(N)=O)cc23)cc1. The van der Waals surface area contributed by atoms with Crippen LogP contribution in [0.3, 0.4) is 0 Å². The van der Waals surface area contributed by atoms with E-state index in [-0.39, 0.29) is 12.1 Å². The van der Waals surface area contributed by atoms with Crippen molar-refractivity contribution in [3.05, 3.63) is 69.6 Å². The third kappa shape index (κ3) is 3.51. The van der Waals surface area contributed by atoms with Crippen LogP contribution in [-0.2, 0) is 13.1 Å². The first-order valence-electron chi connectivity index (χ1n) is 9.09. The standard InChI is InChI=1S/C22H25N3O2/c1-13(2)12-25-19(11-23)20(15-6-4-14(3)5-7-15)18-10-16(21(24)26)8-9-17(18)22(25)27/h4-10,13H,11-12,23H2,1-3H3,(H2,24,26). The largest absolute Gasteiger partial charge is 0.366 e. The molecule has 1 heterocycles. The number of aryl methyl sites for hydroxylation is 1. The topological polar surface area (TPSA) is 91.1 Å². The van der Waals surface area contributed by atoms with Crippen LogP contribution in [0.1, 0.15) is 35.5 Å². The fraction of sp³-hybridized carbons (Fsp3) is 0.273. The van der Waals surface area contributed by atoms with Gasteiger partial charge in [0.15, 0.2) is 0 Å². The molecule has 5 heteroatoms. The Kier molecular flexibility index (Phi) is 5.15. The first kappa shape index (κ1) is 18.9. The lowest BCUT2D eigenvalue weighted by molar-refractivity contribution is 0.100. The zero-order valence-corrected chi connectivity index (χ0v) is 16.0. The molecular formula is C22H25N3O2. The van der Waals surface area contributed by atoms with Gasteiger partial charge in [-0.2, -0.15) is 0 Å². The van der Waals surface area contributed by atoms with Gasteiger partial charge in [0.05, 0.1) is 0 Å². The van der Waals surface area contributed by atoms with Crippen LogP contribution in [0.2, 0.25) is 0 Å². The molecule has 5 nitrogen and oxygen atoms in total. The molecule has 2 aromatic carbocycles. The summed E-state index contributed by atoms with van der Waals surface area (Å²) in [5.74, 6) is -0.228. The Morgan fingerprint density at radius 2 is 1.74 bits per heavy atom. The molecule has 1 amide bonds. The molecule has 3 aromatic rings. The van der Waals surface area contributed by atoms with Gasteiger partial charge in [-0.3, -0.25) is 9.59 Å². The summed E-state index contributed by atoms with van der Waals surface area (Å²) in [6.45, 7) is 6.97. The summed E-state index contributed by atoms with van der Waals surface area (Å²) < 4.78 is 1.77. The quantitative estimate of drug-likeness (QED) is 0.729. The number of carbonyl (C=O) groups excluding carboxylic acids is 1. The lowest BCUT2D eigenvalue weighted by Gasteiger charge is -2.21. The van der Waals surface area contributed by atoms with Gasteiger partial charge in [-0.25, -0.2) is 0 Å². The number of hydrogen-bond acceptors (Lipinski definition) is 3. The molecule has 27 heavy (non-hydrogen) atoms. The van der Waals surface area contributed by atoms with E-state index in [9.17, 15) is 9.59 Å². The van der Waals surface area contributed by atoms with Gasteiger partial charge in [-0.15, -0.1) is 0 Å². The predicted octanol–water partition coefficient (Wildman–Crippen LogP) is 3.19. The van der Waals surface area contributed by atoms with Crippen LogP contribution < -0.4 is 17.0 Å². The van der Waals surface area contributed by atoms with Crippen LogP contribution in [0, 0.1) is 12.8 Å². The van der Waals surface area contributed by atoms with E-state index in [1.165, 1.54) is 0 Å². The van der Waals surface area contributed by atoms with Gasteiger partial charge in [0.2, 0.25) is 5.91 Å². The maximum atomic E-state index is 13.2. The Hall–Kier alpha value is -2.92. The van der Waals surface area contributed by atoms with Crippen molar-refractivity contribution in [1.82, 2.24) is 4.57 Å². The number of rotatable bonds is 5. The molecular weight excluding hydrogens is 338 g/mol. The molecule has 0 saturated heterocycles. The van der Waals surface area contributed by atoms with E-state index >= 15 is 0 Å². The van der Waals surface area contributed by atoms with E-state index in [2.05, 4.69) is 13.8 Å². The Morgan fingerprint density at radius 1 is 1.07 bits per heavy atom. The fourth-order valence-corrected chi connectivity index (χ4v) is 3.46. The van der Waals surface area contributed by atoms with Crippen LogP contribution in [0.25, 0.3) is 21.9 Å². The highest BCUT2D eigenvalue weighted by Gasteiger charge is 2.19. The highest BCUT2D eigenvalue weighted by Crippen LogP contribution is 2.32. The van der Waals surface area contributed by atoms with Crippen molar-refractivity contribution < 1.29 is 4.79 Å². The zero-order chi connectivity index (χ0) is 19.7. The highest BCUT2D eigenvalue weighted by atomic mass is 16.1. The van der Waals surface area contributed by atoms with E-state index < -0.39 is 5.91 Å². The van der Waals surface area contributed by atoms with Crippen LogP contribution in [0.4, 0.5) is 0 Å². The minimum Gasteiger partial charge on any atom is -0.366 e. The zero-order valence-electron chi connectivity index (χ0n) is 16.0. The lowest BCUT2D eigenvalue weighted by atomic mass is 9.94. The fourth-order valence-electron chi connectivity index (χ4n) is 3.46. The molecule has 0 aliphatic heterocycles. The molecule has 140 valence electrons. The molecule has 0 unspecified atom stereocenters. The summed E-state index contributed by atoms with van der Waals surface area (Å²) >= 11 is 0. The number of amides is 1. The first-order valence-corrected chi connectivity index (χ1v) is 9.09. The second-order valence-corrected chi connectivity index (χ2v) is 7.33. The summed E-state index contributed by atoms with van der Waals surface area (Å²) in [6.07, 6.45) is 0. The molecule has 0 spiro atoms. The molecule has 0 aliphatic carbocycles. The van der Waals surface area contributed by atoms with Gasteiger partial charge in [-0.05, 0) is 42.0 Å². The van der Waals surface area contributed by atoms with Crippen LogP contribution in [0.15, 0.2) is 47.3 Å². The van der Waals surface area contributed by atoms with E-state index in [4.69, 9.17) is 11.5 Å². The molecule has 0 aliphatic rings. The Labute approximate surface area is 158 Å². The third-order valence-electron chi connectivity index (χ3n) is 4.74. The summed E-state index contributed by atoms with van der Waals surface area (Å²) in [4.78, 5) is 24.9. The summed E-state index contributed by atoms with van der Waals surface area (Å²) in [5.41, 5.74) is 15.6. The number of hydrogen-bond donors (Lipinski definition) is 2. The van der Waals surface area contributed by atoms with Crippen LogP contribution in [-0.4, -0.2) is 10.5 Å². The summed E-state index contributed by atoms with van der Waals surface area (Å²) in [5, 5.41) is 1.27. The third-order valence-corrected chi connectivity index (χ3v) is 4.74. The molecule has 0 atom stereocenters. The second kappa shape index (κ2) is 7.37. The number of carbonyl (C=O) groups is 1. The minimum atomic E-state index is -0.521. The molecule has 0 saturated carbocycles. The normalized spacial score (nSPS) is 11.3. The minimum absolute atomic E-state index is 0.0916. The number of aromatic nitrogens is 1. The number of pyridine rings is 1. The van der Waals surface area contributed by atoms with Crippen molar-refractivity contribution in [2.75, 3.05) is 0 Å². The number of primary amides is 1. The van der Waals surface area contributed by atoms with Gasteiger partial charge >= 0.3 is 0 Å². The maximum absolute atomic E-state index is 13.2. The second-order valence-electron chi connectivity index (χ2n) is 7.33. The van der Waals surface area contributed by atoms with E-state index in [1.54, 1.807) is 22.8 Å². The van der Waals surface area contributed by atoms with E-state index in [1.807, 2.05) is 31.2 Å². The van der Waals surface area contributed by atoms with Gasteiger partial charge in [0, 0.05) is 35.3 Å². The van der Waals surface area contributed by atoms with Gasteiger partial charge in [0.25, 0.3) is 5.56 Å². The molecule has 3 rings (SSSR count). The van der Waals surface area contributed by atoms with E-state index in [0.717, 1.165) is 22.4 Å². The summed E-state index contributed by atoms with van der Waals surface area (Å²) in [6, 6.07) is 13.1. The van der Waals surface area contributed by atoms with Gasteiger partial charge in [0.1, 0.15) is 0 Å². The van der Waals surface area contributed by atoms with Gasteiger partial charge < -0.3 is 16.0 Å². The molecule has 4 N–H and O–H groups in total. The van der Waals surface area contributed by atoms with Crippen molar-refractivity contribution >= 4 is 16.7 Å². The first-order chi connectivity index (χ1) is 12.8. The van der Waals surface area contributed by atoms with Crippen molar-refractivity contribution in [1.29, 1.82) is 0 Å². The average molecular weight is 363 g/mol. The molecule has 0 radical (unpaired) electrons. The van der Waals surface area contributed by atoms with E-state index in [0.29, 0.717) is 28.8 Å². The molecule has 0 fully saturated rings. The smallest absolute Gasteiger partial charge is 0.258 e. The predicted molar refractivity (Wildman–Crippen MR) is 110 cm³/mol. The van der Waals surface area contributed by atoms with Crippen molar-refractivity contribution in [2.24, 2.45) is 17.4 Å². The molecule has 0 bridgehead atoms. The lowest BCUT2D eigenvalue weighted by Crippen LogP contribution is -2.28. The van der Waals surface area contributed by atoms with Crippen LogP contribution >= 0.6 is 0 Å². The monoisotopic (exact) mass is 363 g/mol. The van der Waals surface area contributed by atoms with Crippen molar-refractivity contribution in [2.45, 2.75) is 33.9 Å². The van der Waals surface area contributed by atoms with Crippen molar-refractivity contribution in [3.8, 4) is 11.1 Å². The average Bonchev–Trinajstić information content (AvgIpc) is 2.63. The number of benzene rings is 2. The Morgan fingerprint density at radius 3 is 2.30 bits per heavy atom. The molecule has 1 aromatic heterocycles. The highest BCUT2D eigenvalue weighted by molar-refractivity contribution is 6.03. The number of nitrogens with two attached hydrogens (primary N) is 2. The Balaban J connectivity index is 2.48. The number of nitrogens with zero attached hydrogens (tertiary/aromatic N) is 1. The summed E-state index contributed by atoms with van der Waals surface area (Å²) in [7, 11) is 0. The number of fused-ring (bicyclic) bond motifs is 1.